The van der Waals surface area contributed by atoms with Gasteiger partial charge in [0.05, 0.1) is 9.80 Å². The van der Waals surface area contributed by atoms with Crippen molar-refractivity contribution < 1.29 is 14.5 Å². The first-order valence-electron chi connectivity index (χ1n) is 3.57. The zero-order valence-corrected chi connectivity index (χ0v) is 7.96. The fraction of sp³-hybridized carbons (Fsp3) is 0.143. The molecule has 74 valence electrons. The fourth-order valence-electron chi connectivity index (χ4n) is 0.769. The Bertz CT molecular complexity index is 398. The number of hydrogen-bond donors (Lipinski definition) is 1. The lowest BCUT2D eigenvalue weighted by Gasteiger charge is -1.94. The van der Waals surface area contributed by atoms with E-state index in [0.29, 0.717) is 0 Å². The number of rotatable bonds is 2. The molecule has 0 bridgehead atoms. The number of amides is 2. The third-order valence-electron chi connectivity index (χ3n) is 1.29. The highest BCUT2D eigenvalue weighted by Crippen LogP contribution is 2.23. The second-order valence-electron chi connectivity index (χ2n) is 2.41. The molecule has 0 aliphatic heterocycles. The van der Waals surface area contributed by atoms with Crippen molar-refractivity contribution in [1.82, 2.24) is 5.32 Å². The van der Waals surface area contributed by atoms with Crippen LogP contribution in [0.25, 0.3) is 0 Å². The quantitative estimate of drug-likeness (QED) is 0.585. The van der Waals surface area contributed by atoms with Gasteiger partial charge in [-0.25, -0.2) is 0 Å². The standard InChI is InChI=1S/C7H6N2O4S/c1-4(10)8-7(11)5-2-3-6(14-5)9(12)13/h2-3H,1H3,(H,8,10,11). The molecular formula is C7H6N2O4S. The summed E-state index contributed by atoms with van der Waals surface area (Å²) in [6, 6.07) is 2.53. The normalized spacial score (nSPS) is 9.50. The van der Waals surface area contributed by atoms with E-state index in [9.17, 15) is 19.7 Å². The molecule has 0 fully saturated rings. The predicted octanol–water partition coefficient (Wildman–Crippen LogP) is 0.933. The highest BCUT2D eigenvalue weighted by atomic mass is 32.1. The van der Waals surface area contributed by atoms with E-state index in [0.717, 1.165) is 11.3 Å². The van der Waals surface area contributed by atoms with Gasteiger partial charge in [-0.2, -0.15) is 0 Å². The number of nitro groups is 1. The maximum absolute atomic E-state index is 11.1. The maximum atomic E-state index is 11.1. The minimum Gasteiger partial charge on any atom is -0.292 e. The Kier molecular flexibility index (Phi) is 2.92. The summed E-state index contributed by atoms with van der Waals surface area (Å²) in [6.07, 6.45) is 0. The van der Waals surface area contributed by atoms with Crippen LogP contribution in [-0.2, 0) is 4.79 Å². The number of hydrogen-bond acceptors (Lipinski definition) is 5. The van der Waals surface area contributed by atoms with Gasteiger partial charge in [0.1, 0.15) is 0 Å². The molecule has 0 atom stereocenters. The van der Waals surface area contributed by atoms with Crippen LogP contribution < -0.4 is 5.32 Å². The van der Waals surface area contributed by atoms with Crippen LogP contribution in [0.1, 0.15) is 16.6 Å². The number of nitrogens with zero attached hydrogens (tertiary/aromatic N) is 1. The van der Waals surface area contributed by atoms with E-state index in [1.54, 1.807) is 0 Å². The smallest absolute Gasteiger partial charge is 0.292 e. The van der Waals surface area contributed by atoms with E-state index in [2.05, 4.69) is 0 Å². The number of carbonyl (C=O) groups excluding carboxylic acids is 2. The van der Waals surface area contributed by atoms with Gasteiger partial charge >= 0.3 is 5.00 Å². The van der Waals surface area contributed by atoms with Crippen LogP contribution in [0, 0.1) is 10.1 Å². The summed E-state index contributed by atoms with van der Waals surface area (Å²) in [6.45, 7) is 1.19. The summed E-state index contributed by atoms with van der Waals surface area (Å²) in [5, 5.41) is 12.2. The SMILES string of the molecule is CC(=O)NC(=O)c1ccc([N+](=O)[O-])s1. The number of thiophene rings is 1. The molecule has 0 aliphatic carbocycles. The molecule has 7 heteroatoms. The van der Waals surface area contributed by atoms with E-state index < -0.39 is 16.7 Å². The van der Waals surface area contributed by atoms with Crippen molar-refractivity contribution in [3.8, 4) is 0 Å². The van der Waals surface area contributed by atoms with Gasteiger partial charge in [0.15, 0.2) is 0 Å². The van der Waals surface area contributed by atoms with Crippen LogP contribution in [0.5, 0.6) is 0 Å². The lowest BCUT2D eigenvalue weighted by molar-refractivity contribution is -0.380. The summed E-state index contributed by atoms with van der Waals surface area (Å²) in [4.78, 5) is 31.5. The number of nitrogens with one attached hydrogen (secondary N) is 1. The Morgan fingerprint density at radius 1 is 1.50 bits per heavy atom. The van der Waals surface area contributed by atoms with Crippen molar-refractivity contribution in [2.75, 3.05) is 0 Å². The molecule has 0 unspecified atom stereocenters. The van der Waals surface area contributed by atoms with Crippen LogP contribution in [0.2, 0.25) is 0 Å². The average Bonchev–Trinajstić information content (AvgIpc) is 2.50. The molecule has 0 aromatic carbocycles. The van der Waals surface area contributed by atoms with E-state index in [-0.39, 0.29) is 9.88 Å². The topological polar surface area (TPSA) is 89.3 Å². The van der Waals surface area contributed by atoms with Crippen molar-refractivity contribution in [3.05, 3.63) is 27.1 Å². The first-order chi connectivity index (χ1) is 6.50. The molecule has 1 rings (SSSR count). The highest BCUT2D eigenvalue weighted by Gasteiger charge is 2.15. The van der Waals surface area contributed by atoms with Crippen LogP contribution in [0.15, 0.2) is 12.1 Å². The zero-order chi connectivity index (χ0) is 10.7. The molecule has 0 aliphatic rings. The summed E-state index contributed by atoms with van der Waals surface area (Å²) >= 11 is 0.728. The van der Waals surface area contributed by atoms with Gasteiger partial charge in [-0.05, 0) is 6.07 Å². The minimum atomic E-state index is -0.615. The van der Waals surface area contributed by atoms with E-state index in [1.165, 1.54) is 19.1 Å². The molecule has 0 saturated heterocycles. The van der Waals surface area contributed by atoms with Crippen molar-refractivity contribution >= 4 is 28.2 Å². The molecule has 14 heavy (non-hydrogen) atoms. The molecule has 1 N–H and O–H groups in total. The molecule has 2 amide bonds. The summed E-state index contributed by atoms with van der Waals surface area (Å²) in [7, 11) is 0. The second-order valence-corrected chi connectivity index (χ2v) is 3.47. The van der Waals surface area contributed by atoms with Gasteiger partial charge in [-0.15, -0.1) is 0 Å². The lowest BCUT2D eigenvalue weighted by atomic mass is 10.4. The highest BCUT2D eigenvalue weighted by molar-refractivity contribution is 7.17. The Labute approximate surface area is 82.7 Å². The van der Waals surface area contributed by atoms with Gasteiger partial charge in [-0.3, -0.25) is 25.0 Å². The predicted molar refractivity (Wildman–Crippen MR) is 49.1 cm³/mol. The third-order valence-corrected chi connectivity index (χ3v) is 2.32. The monoisotopic (exact) mass is 214 g/mol. The molecule has 1 aromatic rings. The fourth-order valence-corrected chi connectivity index (χ4v) is 1.49. The number of imide groups is 1. The van der Waals surface area contributed by atoms with E-state index in [4.69, 9.17) is 0 Å². The first-order valence-corrected chi connectivity index (χ1v) is 4.38. The van der Waals surface area contributed by atoms with Crippen molar-refractivity contribution in [3.63, 3.8) is 0 Å². The second kappa shape index (κ2) is 3.97. The van der Waals surface area contributed by atoms with Crippen LogP contribution in [0.4, 0.5) is 5.00 Å². The van der Waals surface area contributed by atoms with Crippen molar-refractivity contribution in [2.45, 2.75) is 6.92 Å². The Morgan fingerprint density at radius 3 is 2.57 bits per heavy atom. The zero-order valence-electron chi connectivity index (χ0n) is 7.14. The van der Waals surface area contributed by atoms with Gasteiger partial charge in [0.25, 0.3) is 5.91 Å². The summed E-state index contributed by atoms with van der Waals surface area (Å²) in [5.41, 5.74) is 0. The van der Waals surface area contributed by atoms with Crippen molar-refractivity contribution in [2.24, 2.45) is 0 Å². The Morgan fingerprint density at radius 2 is 2.14 bits per heavy atom. The molecule has 1 aromatic heterocycles. The number of carbonyl (C=O) groups is 2. The van der Waals surface area contributed by atoms with Gasteiger partial charge in [0.2, 0.25) is 5.91 Å². The Balaban J connectivity index is 2.81. The summed E-state index contributed by atoms with van der Waals surface area (Å²) in [5.74, 6) is -1.11. The van der Waals surface area contributed by atoms with Crippen LogP contribution in [0.3, 0.4) is 0 Å². The minimum absolute atomic E-state index is 0.126. The van der Waals surface area contributed by atoms with E-state index >= 15 is 0 Å². The molecule has 1 heterocycles. The summed E-state index contributed by atoms with van der Waals surface area (Å²) < 4.78 is 0. The third kappa shape index (κ3) is 2.36. The van der Waals surface area contributed by atoms with Gasteiger partial charge in [0, 0.05) is 13.0 Å². The molecule has 0 radical (unpaired) electrons. The van der Waals surface area contributed by atoms with Crippen molar-refractivity contribution in [1.29, 1.82) is 0 Å². The molecule has 0 spiro atoms. The van der Waals surface area contributed by atoms with Crippen LogP contribution in [-0.4, -0.2) is 16.7 Å². The lowest BCUT2D eigenvalue weighted by Crippen LogP contribution is -2.27. The van der Waals surface area contributed by atoms with E-state index in [1.807, 2.05) is 5.32 Å². The maximum Gasteiger partial charge on any atom is 0.324 e. The Hall–Kier alpha value is -1.76. The van der Waals surface area contributed by atoms with Gasteiger partial charge in [-0.1, -0.05) is 11.3 Å². The molecule has 0 saturated carbocycles. The average molecular weight is 214 g/mol. The molecule has 6 nitrogen and oxygen atoms in total. The largest absolute Gasteiger partial charge is 0.324 e. The van der Waals surface area contributed by atoms with Crippen LogP contribution >= 0.6 is 11.3 Å². The first kappa shape index (κ1) is 10.3. The van der Waals surface area contributed by atoms with Gasteiger partial charge < -0.3 is 0 Å². The molecular weight excluding hydrogens is 208 g/mol.